The smallest absolute Gasteiger partial charge is 0.342 e. The summed E-state index contributed by atoms with van der Waals surface area (Å²) >= 11 is 0. The predicted molar refractivity (Wildman–Crippen MR) is 77.3 cm³/mol. The molecule has 7 heteroatoms. The van der Waals surface area contributed by atoms with Crippen LogP contribution < -0.4 is 4.74 Å². The summed E-state index contributed by atoms with van der Waals surface area (Å²) in [5, 5.41) is 27.1. The number of nitrogens with one attached hydrogen (secondary N) is 1. The summed E-state index contributed by atoms with van der Waals surface area (Å²) in [6.45, 7) is 4.06. The van der Waals surface area contributed by atoms with Gasteiger partial charge in [0.25, 0.3) is 5.69 Å². The van der Waals surface area contributed by atoms with Crippen molar-refractivity contribution in [1.29, 1.82) is 5.41 Å². The van der Waals surface area contributed by atoms with Crippen LogP contribution in [0.25, 0.3) is 0 Å². The highest BCUT2D eigenvalue weighted by atomic mass is 16.6. The van der Waals surface area contributed by atoms with E-state index in [0.29, 0.717) is 18.7 Å². The van der Waals surface area contributed by atoms with Crippen LogP contribution in [0.4, 0.5) is 5.69 Å². The normalized spacial score (nSPS) is 11.7. The first-order valence-corrected chi connectivity index (χ1v) is 6.49. The summed E-state index contributed by atoms with van der Waals surface area (Å²) in [5.41, 5.74) is -0.244. The summed E-state index contributed by atoms with van der Waals surface area (Å²) < 4.78 is 5.46. The number of ether oxygens (including phenoxy) is 1. The third-order valence-corrected chi connectivity index (χ3v) is 2.94. The van der Waals surface area contributed by atoms with Gasteiger partial charge in [-0.3, -0.25) is 10.1 Å². The van der Waals surface area contributed by atoms with Crippen LogP contribution in [-0.4, -0.2) is 28.3 Å². The lowest BCUT2D eigenvalue weighted by molar-refractivity contribution is -0.385. The third kappa shape index (κ3) is 5.21. The van der Waals surface area contributed by atoms with E-state index in [0.717, 1.165) is 12.5 Å². The van der Waals surface area contributed by atoms with E-state index in [4.69, 9.17) is 15.3 Å². The fourth-order valence-electron chi connectivity index (χ4n) is 1.72. The van der Waals surface area contributed by atoms with Crippen molar-refractivity contribution < 1.29 is 19.6 Å². The molecular formula is C14H18N2O5. The minimum atomic E-state index is -1.34. The van der Waals surface area contributed by atoms with Crippen LogP contribution in [0.5, 0.6) is 5.75 Å². The first-order valence-electron chi connectivity index (χ1n) is 6.49. The van der Waals surface area contributed by atoms with Gasteiger partial charge in [-0.2, -0.15) is 0 Å². The maximum atomic E-state index is 10.9. The number of benzene rings is 1. The van der Waals surface area contributed by atoms with E-state index in [2.05, 4.69) is 0 Å². The number of rotatable bonds is 8. The van der Waals surface area contributed by atoms with Crippen molar-refractivity contribution in [3.8, 4) is 5.75 Å². The molecule has 1 rings (SSSR count). The molecule has 114 valence electrons. The SMILES string of the molecule is CC(=N)CCC(C)COc1ccc(C(=O)O)c([N+](=O)[O-])c1. The Morgan fingerprint density at radius 1 is 1.52 bits per heavy atom. The van der Waals surface area contributed by atoms with E-state index in [1.54, 1.807) is 6.92 Å². The maximum Gasteiger partial charge on any atom is 0.342 e. The van der Waals surface area contributed by atoms with Crippen molar-refractivity contribution >= 4 is 17.4 Å². The number of carbonyl (C=O) groups is 1. The lowest BCUT2D eigenvalue weighted by Crippen LogP contribution is -2.10. The van der Waals surface area contributed by atoms with Crippen LogP contribution in [-0.2, 0) is 0 Å². The largest absolute Gasteiger partial charge is 0.493 e. The van der Waals surface area contributed by atoms with E-state index >= 15 is 0 Å². The molecule has 7 nitrogen and oxygen atoms in total. The summed E-state index contributed by atoms with van der Waals surface area (Å²) in [5.74, 6) is -0.878. The molecule has 0 amide bonds. The molecule has 2 N–H and O–H groups in total. The Morgan fingerprint density at radius 2 is 2.19 bits per heavy atom. The Bertz CT molecular complexity index is 556. The quantitative estimate of drug-likeness (QED) is 0.434. The van der Waals surface area contributed by atoms with Crippen molar-refractivity contribution in [2.45, 2.75) is 26.7 Å². The molecule has 0 bridgehead atoms. The fourth-order valence-corrected chi connectivity index (χ4v) is 1.72. The average Bonchev–Trinajstić information content (AvgIpc) is 2.42. The van der Waals surface area contributed by atoms with Gasteiger partial charge in [-0.25, -0.2) is 4.79 Å². The maximum absolute atomic E-state index is 10.9. The highest BCUT2D eigenvalue weighted by Gasteiger charge is 2.20. The lowest BCUT2D eigenvalue weighted by Gasteiger charge is -2.13. The van der Waals surface area contributed by atoms with Gasteiger partial charge >= 0.3 is 5.97 Å². The first kappa shape index (κ1) is 16.6. The Morgan fingerprint density at radius 3 is 2.71 bits per heavy atom. The molecule has 0 aromatic heterocycles. The Kier molecular flexibility index (Phi) is 5.83. The van der Waals surface area contributed by atoms with Crippen LogP contribution in [0.2, 0.25) is 0 Å². The number of nitrogens with zero attached hydrogens (tertiary/aromatic N) is 1. The van der Waals surface area contributed by atoms with Gasteiger partial charge in [0.2, 0.25) is 0 Å². The summed E-state index contributed by atoms with van der Waals surface area (Å²) in [6.07, 6.45) is 1.48. The van der Waals surface area contributed by atoms with Gasteiger partial charge in [0.05, 0.1) is 17.6 Å². The summed E-state index contributed by atoms with van der Waals surface area (Å²) in [7, 11) is 0. The molecular weight excluding hydrogens is 276 g/mol. The fraction of sp³-hybridized carbons (Fsp3) is 0.429. The summed E-state index contributed by atoms with van der Waals surface area (Å²) in [4.78, 5) is 21.0. The van der Waals surface area contributed by atoms with Gasteiger partial charge in [0, 0.05) is 5.71 Å². The van der Waals surface area contributed by atoms with Gasteiger partial charge in [-0.15, -0.1) is 0 Å². The second kappa shape index (κ2) is 7.37. The monoisotopic (exact) mass is 294 g/mol. The molecule has 0 heterocycles. The number of carboxylic acid groups (broad SMARTS) is 1. The van der Waals surface area contributed by atoms with Crippen LogP contribution in [0.3, 0.4) is 0 Å². The molecule has 0 radical (unpaired) electrons. The minimum absolute atomic E-state index is 0.198. The van der Waals surface area contributed by atoms with Crippen LogP contribution in [0.15, 0.2) is 18.2 Å². The second-order valence-electron chi connectivity index (χ2n) is 4.98. The van der Waals surface area contributed by atoms with Crippen molar-refractivity contribution in [3.63, 3.8) is 0 Å². The zero-order valence-electron chi connectivity index (χ0n) is 12.0. The molecule has 21 heavy (non-hydrogen) atoms. The van der Waals surface area contributed by atoms with E-state index in [-0.39, 0.29) is 17.2 Å². The van der Waals surface area contributed by atoms with E-state index in [9.17, 15) is 14.9 Å². The third-order valence-electron chi connectivity index (χ3n) is 2.94. The highest BCUT2D eigenvalue weighted by molar-refractivity contribution is 5.92. The zero-order chi connectivity index (χ0) is 16.0. The van der Waals surface area contributed by atoms with E-state index in [1.165, 1.54) is 12.1 Å². The van der Waals surface area contributed by atoms with Crippen LogP contribution in [0.1, 0.15) is 37.0 Å². The van der Waals surface area contributed by atoms with E-state index < -0.39 is 16.6 Å². The lowest BCUT2D eigenvalue weighted by atomic mass is 10.0. The van der Waals surface area contributed by atoms with Crippen molar-refractivity contribution in [3.05, 3.63) is 33.9 Å². The molecule has 1 aromatic rings. The standard InChI is InChI=1S/C14H18N2O5/c1-9(3-4-10(2)15)8-21-11-5-6-12(14(17)18)13(7-11)16(19)20/h5-7,9,15H,3-4,8H2,1-2H3,(H,17,18). The average molecular weight is 294 g/mol. The van der Waals surface area contributed by atoms with Gasteiger partial charge < -0.3 is 15.3 Å². The predicted octanol–water partition coefficient (Wildman–Crippen LogP) is 3.13. The van der Waals surface area contributed by atoms with Crippen molar-refractivity contribution in [2.75, 3.05) is 6.61 Å². The number of hydrogen-bond acceptors (Lipinski definition) is 5. The highest BCUT2D eigenvalue weighted by Crippen LogP contribution is 2.25. The Labute approximate surface area is 122 Å². The molecule has 1 unspecified atom stereocenters. The molecule has 1 atom stereocenters. The number of nitro benzene ring substituents is 1. The molecule has 0 aliphatic heterocycles. The van der Waals surface area contributed by atoms with Gasteiger partial charge in [0.15, 0.2) is 0 Å². The molecule has 0 saturated heterocycles. The molecule has 0 aliphatic carbocycles. The second-order valence-corrected chi connectivity index (χ2v) is 4.98. The van der Waals surface area contributed by atoms with Crippen LogP contribution >= 0.6 is 0 Å². The number of nitro groups is 1. The number of hydrogen-bond donors (Lipinski definition) is 2. The van der Waals surface area contributed by atoms with Crippen molar-refractivity contribution in [1.82, 2.24) is 0 Å². The van der Waals surface area contributed by atoms with Gasteiger partial charge in [-0.05, 0) is 37.8 Å². The van der Waals surface area contributed by atoms with Crippen molar-refractivity contribution in [2.24, 2.45) is 5.92 Å². The first-order chi connectivity index (χ1) is 9.81. The minimum Gasteiger partial charge on any atom is -0.493 e. The zero-order valence-corrected chi connectivity index (χ0v) is 12.0. The van der Waals surface area contributed by atoms with Crippen LogP contribution in [0, 0.1) is 21.4 Å². The Hall–Kier alpha value is -2.44. The topological polar surface area (TPSA) is 114 Å². The van der Waals surface area contributed by atoms with Gasteiger partial charge in [0.1, 0.15) is 11.3 Å². The molecule has 0 spiro atoms. The molecule has 0 fully saturated rings. The van der Waals surface area contributed by atoms with Gasteiger partial charge in [-0.1, -0.05) is 6.92 Å². The molecule has 0 saturated carbocycles. The molecule has 0 aliphatic rings. The summed E-state index contributed by atoms with van der Waals surface area (Å²) in [6, 6.07) is 3.70. The number of aromatic carboxylic acids is 1. The molecule has 1 aromatic carbocycles. The number of carboxylic acids is 1. The Balaban J connectivity index is 2.72. The van der Waals surface area contributed by atoms with E-state index in [1.807, 2.05) is 6.92 Å².